The molecule has 2 heteroatoms. The second-order valence-corrected chi connectivity index (χ2v) is 3.57. The van der Waals surface area contributed by atoms with Crippen molar-refractivity contribution in [1.29, 1.82) is 0 Å². The summed E-state index contributed by atoms with van der Waals surface area (Å²) in [4.78, 5) is 6.44. The molecule has 0 rings (SSSR count). The summed E-state index contributed by atoms with van der Waals surface area (Å²) in [5, 5.41) is 0. The monoisotopic (exact) mass is 156 g/mol. The maximum absolute atomic E-state index is 4.21. The Balaban J connectivity index is 4.06. The lowest BCUT2D eigenvalue weighted by molar-refractivity contribution is 0.255. The van der Waals surface area contributed by atoms with Gasteiger partial charge in [-0.05, 0) is 34.6 Å². The van der Waals surface area contributed by atoms with Crippen molar-refractivity contribution in [2.45, 2.75) is 40.2 Å². The highest BCUT2D eigenvalue weighted by Gasteiger charge is 2.15. The number of hydrogen-bond donors (Lipinski definition) is 0. The molecule has 0 aromatic carbocycles. The van der Waals surface area contributed by atoms with Crippen LogP contribution in [0.25, 0.3) is 0 Å². The van der Waals surface area contributed by atoms with E-state index in [4.69, 9.17) is 0 Å². The number of aliphatic imine (C=N–C) groups is 1. The van der Waals surface area contributed by atoms with E-state index in [0.29, 0.717) is 0 Å². The largest absolute Gasteiger partial charge is 0.358 e. The molecule has 0 saturated heterocycles. The molecule has 0 atom stereocenters. The van der Waals surface area contributed by atoms with Crippen molar-refractivity contribution in [3.63, 3.8) is 0 Å². The zero-order valence-corrected chi connectivity index (χ0v) is 8.39. The predicted molar refractivity (Wildman–Crippen MR) is 51.2 cm³/mol. The topological polar surface area (TPSA) is 15.6 Å². The van der Waals surface area contributed by atoms with E-state index in [9.17, 15) is 0 Å². The van der Waals surface area contributed by atoms with Gasteiger partial charge in [-0.1, -0.05) is 0 Å². The van der Waals surface area contributed by atoms with E-state index in [2.05, 4.69) is 37.6 Å². The van der Waals surface area contributed by atoms with E-state index in [1.807, 2.05) is 13.3 Å². The van der Waals surface area contributed by atoms with Crippen LogP contribution in [0.5, 0.6) is 0 Å². The van der Waals surface area contributed by atoms with Gasteiger partial charge in [-0.15, -0.1) is 0 Å². The Morgan fingerprint density at radius 1 is 1.27 bits per heavy atom. The van der Waals surface area contributed by atoms with Gasteiger partial charge in [0.2, 0.25) is 0 Å². The Hall–Kier alpha value is -0.530. The molecule has 0 amide bonds. The van der Waals surface area contributed by atoms with Gasteiger partial charge in [0.15, 0.2) is 0 Å². The summed E-state index contributed by atoms with van der Waals surface area (Å²) in [5.74, 6) is 0. The Morgan fingerprint density at radius 2 is 1.82 bits per heavy atom. The normalized spacial score (nSPS) is 12.5. The molecule has 0 bridgehead atoms. The molecule has 0 aromatic heterocycles. The Morgan fingerprint density at radius 3 is 2.09 bits per heavy atom. The highest BCUT2D eigenvalue weighted by molar-refractivity contribution is 5.55. The van der Waals surface area contributed by atoms with Gasteiger partial charge >= 0.3 is 0 Å². The summed E-state index contributed by atoms with van der Waals surface area (Å²) in [7, 11) is 0. The third-order valence-electron chi connectivity index (χ3n) is 1.61. The van der Waals surface area contributed by atoms with Crippen molar-refractivity contribution in [1.82, 2.24) is 4.90 Å². The first kappa shape index (κ1) is 10.5. The fraction of sp³-hybridized carbons (Fsp3) is 0.889. The lowest BCUT2D eigenvalue weighted by Crippen LogP contribution is -2.40. The summed E-state index contributed by atoms with van der Waals surface area (Å²) < 4.78 is 0. The molecule has 2 nitrogen and oxygen atoms in total. The minimum Gasteiger partial charge on any atom is -0.358 e. The SMILES string of the molecule is CCN=CN(CC)C(C)(C)C. The van der Waals surface area contributed by atoms with Crippen molar-refractivity contribution >= 4 is 6.34 Å². The minimum absolute atomic E-state index is 0.202. The van der Waals surface area contributed by atoms with Gasteiger partial charge < -0.3 is 4.90 Å². The molecule has 0 fully saturated rings. The fourth-order valence-electron chi connectivity index (χ4n) is 0.909. The number of rotatable bonds is 3. The Kier molecular flexibility index (Phi) is 4.16. The summed E-state index contributed by atoms with van der Waals surface area (Å²) in [6, 6.07) is 0. The van der Waals surface area contributed by atoms with Crippen molar-refractivity contribution < 1.29 is 0 Å². The Labute approximate surface area is 70.3 Å². The average Bonchev–Trinajstić information content (AvgIpc) is 1.87. The molecule has 0 aliphatic carbocycles. The van der Waals surface area contributed by atoms with Crippen LogP contribution in [0.1, 0.15) is 34.6 Å². The van der Waals surface area contributed by atoms with Crippen molar-refractivity contribution in [3.8, 4) is 0 Å². The van der Waals surface area contributed by atoms with Crippen molar-refractivity contribution in [2.75, 3.05) is 13.1 Å². The molecule has 0 radical (unpaired) electrons. The summed E-state index contributed by atoms with van der Waals surface area (Å²) >= 11 is 0. The van der Waals surface area contributed by atoms with Gasteiger partial charge in [0.1, 0.15) is 0 Å². The second kappa shape index (κ2) is 4.37. The second-order valence-electron chi connectivity index (χ2n) is 3.57. The van der Waals surface area contributed by atoms with Crippen LogP contribution in [-0.2, 0) is 0 Å². The van der Waals surface area contributed by atoms with E-state index in [1.54, 1.807) is 0 Å². The zero-order chi connectivity index (χ0) is 8.91. The first-order chi connectivity index (χ1) is 5.02. The lowest BCUT2D eigenvalue weighted by atomic mass is 10.1. The van der Waals surface area contributed by atoms with Gasteiger partial charge in [0.25, 0.3) is 0 Å². The van der Waals surface area contributed by atoms with Crippen molar-refractivity contribution in [2.24, 2.45) is 4.99 Å². The highest BCUT2D eigenvalue weighted by atomic mass is 15.2. The third-order valence-corrected chi connectivity index (χ3v) is 1.61. The average molecular weight is 156 g/mol. The van der Waals surface area contributed by atoms with E-state index in [-0.39, 0.29) is 5.54 Å². The van der Waals surface area contributed by atoms with Gasteiger partial charge in [0.05, 0.1) is 6.34 Å². The van der Waals surface area contributed by atoms with Crippen LogP contribution >= 0.6 is 0 Å². The quantitative estimate of drug-likeness (QED) is 0.451. The minimum atomic E-state index is 0.202. The number of hydrogen-bond acceptors (Lipinski definition) is 1. The van der Waals surface area contributed by atoms with Crippen LogP contribution in [0.3, 0.4) is 0 Å². The Bertz CT molecular complexity index is 122. The molecular formula is C9H20N2. The molecule has 0 spiro atoms. The van der Waals surface area contributed by atoms with E-state index >= 15 is 0 Å². The van der Waals surface area contributed by atoms with Crippen molar-refractivity contribution in [3.05, 3.63) is 0 Å². The van der Waals surface area contributed by atoms with Crippen LogP contribution in [0.2, 0.25) is 0 Å². The maximum Gasteiger partial charge on any atom is 0.0853 e. The summed E-state index contributed by atoms with van der Waals surface area (Å²) in [5.41, 5.74) is 0.202. The van der Waals surface area contributed by atoms with Gasteiger partial charge in [-0.2, -0.15) is 0 Å². The molecule has 0 N–H and O–H groups in total. The predicted octanol–water partition coefficient (Wildman–Crippen LogP) is 2.16. The first-order valence-corrected chi connectivity index (χ1v) is 4.29. The molecule has 66 valence electrons. The van der Waals surface area contributed by atoms with E-state index < -0.39 is 0 Å². The van der Waals surface area contributed by atoms with Crippen LogP contribution in [0, 0.1) is 0 Å². The molecule has 0 saturated carbocycles. The smallest absolute Gasteiger partial charge is 0.0853 e. The molecule has 0 unspecified atom stereocenters. The summed E-state index contributed by atoms with van der Waals surface area (Å²) in [6.45, 7) is 12.7. The first-order valence-electron chi connectivity index (χ1n) is 4.29. The third kappa shape index (κ3) is 4.02. The highest BCUT2D eigenvalue weighted by Crippen LogP contribution is 2.09. The summed E-state index contributed by atoms with van der Waals surface area (Å²) in [6.07, 6.45) is 1.94. The molecular weight excluding hydrogens is 136 g/mol. The molecule has 0 heterocycles. The zero-order valence-electron chi connectivity index (χ0n) is 8.39. The number of nitrogens with zero attached hydrogens (tertiary/aromatic N) is 2. The van der Waals surface area contributed by atoms with Crippen LogP contribution < -0.4 is 0 Å². The molecule has 0 aliphatic rings. The standard InChI is InChI=1S/C9H20N2/c1-6-10-8-11(7-2)9(3,4)5/h8H,6-7H2,1-5H3. The van der Waals surface area contributed by atoms with Crippen LogP contribution in [-0.4, -0.2) is 29.9 Å². The van der Waals surface area contributed by atoms with Crippen LogP contribution in [0.15, 0.2) is 4.99 Å². The van der Waals surface area contributed by atoms with Gasteiger partial charge in [-0.3, -0.25) is 4.99 Å². The molecule has 0 aliphatic heterocycles. The molecule has 0 aromatic rings. The van der Waals surface area contributed by atoms with Gasteiger partial charge in [-0.25, -0.2) is 0 Å². The van der Waals surface area contributed by atoms with E-state index in [1.165, 1.54) is 0 Å². The lowest BCUT2D eigenvalue weighted by Gasteiger charge is -2.32. The van der Waals surface area contributed by atoms with Crippen LogP contribution in [0.4, 0.5) is 0 Å². The van der Waals surface area contributed by atoms with Gasteiger partial charge in [0, 0.05) is 18.6 Å². The maximum atomic E-state index is 4.21. The fourth-order valence-corrected chi connectivity index (χ4v) is 0.909. The molecule has 11 heavy (non-hydrogen) atoms. The van der Waals surface area contributed by atoms with E-state index in [0.717, 1.165) is 13.1 Å².